The Labute approximate surface area is 115 Å². The molecular formula is C14H10F3O2P. The molecule has 1 unspecified atom stereocenters. The van der Waals surface area contributed by atoms with Gasteiger partial charge in [-0.25, -0.2) is 17.7 Å². The molecule has 0 N–H and O–H groups in total. The van der Waals surface area contributed by atoms with E-state index in [1.165, 1.54) is 18.2 Å². The van der Waals surface area contributed by atoms with Gasteiger partial charge in [-0.2, -0.15) is 0 Å². The van der Waals surface area contributed by atoms with E-state index < -0.39 is 21.3 Å². The highest BCUT2D eigenvalue weighted by Crippen LogP contribution is 2.40. The van der Waals surface area contributed by atoms with Gasteiger partial charge in [-0.3, -0.25) is 0 Å². The maximum absolute atomic E-state index is 13.7. The van der Waals surface area contributed by atoms with Gasteiger partial charge in [-0.1, -0.05) is 42.5 Å². The Morgan fingerprint density at radius 2 is 1.65 bits per heavy atom. The van der Waals surface area contributed by atoms with Crippen molar-refractivity contribution in [2.24, 2.45) is 0 Å². The lowest BCUT2D eigenvalue weighted by molar-refractivity contribution is 0.0498. The second-order valence-electron chi connectivity index (χ2n) is 3.99. The fraction of sp³-hybridized carbons (Fsp3) is 0.143. The van der Waals surface area contributed by atoms with E-state index in [9.17, 15) is 17.7 Å². The van der Waals surface area contributed by atoms with Crippen LogP contribution in [0.3, 0.4) is 0 Å². The van der Waals surface area contributed by atoms with E-state index in [2.05, 4.69) is 0 Å². The molecule has 2 aromatic carbocycles. The van der Waals surface area contributed by atoms with Crippen molar-refractivity contribution >= 4 is 8.69 Å². The van der Waals surface area contributed by atoms with Crippen molar-refractivity contribution in [1.29, 1.82) is 0 Å². The Kier molecular flexibility index (Phi) is 4.74. The number of hydrogen-bond donors (Lipinski definition) is 0. The topological polar surface area (TPSA) is 26.3 Å². The molecule has 0 radical (unpaired) electrons. The fourth-order valence-corrected chi connectivity index (χ4v) is 2.18. The van der Waals surface area contributed by atoms with Gasteiger partial charge in [0.25, 0.3) is 6.43 Å². The van der Waals surface area contributed by atoms with Gasteiger partial charge in [0.1, 0.15) is 5.75 Å². The van der Waals surface area contributed by atoms with Crippen molar-refractivity contribution in [2.75, 3.05) is 0 Å². The van der Waals surface area contributed by atoms with Crippen molar-refractivity contribution in [3.8, 4) is 16.9 Å². The van der Waals surface area contributed by atoms with Crippen LogP contribution >= 0.6 is 8.69 Å². The third kappa shape index (κ3) is 2.99. The van der Waals surface area contributed by atoms with Gasteiger partial charge >= 0.3 is 8.69 Å². The summed E-state index contributed by atoms with van der Waals surface area (Å²) in [6.07, 6.45) is -5.57. The highest BCUT2D eigenvalue weighted by Gasteiger charge is 2.26. The van der Waals surface area contributed by atoms with Crippen molar-refractivity contribution in [1.82, 2.24) is 0 Å². The first-order valence-electron chi connectivity index (χ1n) is 5.75. The molecule has 2 rings (SSSR count). The van der Waals surface area contributed by atoms with Gasteiger partial charge in [0, 0.05) is 11.1 Å². The summed E-state index contributed by atoms with van der Waals surface area (Å²) in [7, 11) is -0.633. The van der Waals surface area contributed by atoms with Crippen LogP contribution in [0.4, 0.5) is 13.2 Å². The molecule has 104 valence electrons. The molecule has 0 saturated heterocycles. The summed E-state index contributed by atoms with van der Waals surface area (Å²) >= 11 is 0. The highest BCUT2D eigenvalue weighted by molar-refractivity contribution is 7.17. The molecule has 6 heteroatoms. The summed E-state index contributed by atoms with van der Waals surface area (Å²) in [6, 6.07) is 12.5. The van der Waals surface area contributed by atoms with Crippen molar-refractivity contribution in [3.05, 3.63) is 54.1 Å². The zero-order valence-corrected chi connectivity index (χ0v) is 11.1. The molecule has 0 aromatic heterocycles. The average molecular weight is 298 g/mol. The smallest absolute Gasteiger partial charge is 0.395 e. The van der Waals surface area contributed by atoms with Crippen LogP contribution in [0.2, 0.25) is 0 Å². The minimum absolute atomic E-state index is 0.0914. The molecule has 0 saturated carbocycles. The minimum Gasteiger partial charge on any atom is -0.407 e. The second kappa shape index (κ2) is 6.53. The third-order valence-electron chi connectivity index (χ3n) is 2.77. The van der Waals surface area contributed by atoms with Gasteiger partial charge in [-0.05, 0) is 11.6 Å². The van der Waals surface area contributed by atoms with E-state index in [-0.39, 0.29) is 16.9 Å². The monoisotopic (exact) mass is 298 g/mol. The Balaban J connectivity index is 2.63. The number of rotatable bonds is 5. The minimum atomic E-state index is -3.14. The predicted octanol–water partition coefficient (Wildman–Crippen LogP) is 5.21. The van der Waals surface area contributed by atoms with E-state index in [0.29, 0.717) is 5.56 Å². The Morgan fingerprint density at radius 1 is 0.950 bits per heavy atom. The lowest BCUT2D eigenvalue weighted by atomic mass is 9.96. The zero-order valence-electron chi connectivity index (χ0n) is 10.2. The van der Waals surface area contributed by atoms with Gasteiger partial charge in [0.2, 0.25) is 0 Å². The normalized spacial score (nSPS) is 12.6. The molecule has 20 heavy (non-hydrogen) atoms. The van der Waals surface area contributed by atoms with E-state index in [1.807, 2.05) is 0 Å². The van der Waals surface area contributed by atoms with Gasteiger partial charge < -0.3 is 4.52 Å². The average Bonchev–Trinajstić information content (AvgIpc) is 2.47. The first-order chi connectivity index (χ1) is 9.65. The molecule has 2 nitrogen and oxygen atoms in total. The van der Waals surface area contributed by atoms with E-state index in [4.69, 9.17) is 4.52 Å². The van der Waals surface area contributed by atoms with Crippen LogP contribution in [0.15, 0.2) is 48.5 Å². The van der Waals surface area contributed by atoms with Gasteiger partial charge in [-0.15, -0.1) is 0 Å². The van der Waals surface area contributed by atoms with Crippen LogP contribution < -0.4 is 4.52 Å². The van der Waals surface area contributed by atoms with Crippen LogP contribution in [0, 0.1) is 0 Å². The third-order valence-corrected chi connectivity index (χ3v) is 3.05. The largest absolute Gasteiger partial charge is 0.407 e. The second-order valence-corrected chi connectivity index (χ2v) is 4.32. The summed E-state index contributed by atoms with van der Waals surface area (Å²) in [5.74, 6) is 0.0914. The summed E-state index contributed by atoms with van der Waals surface area (Å²) in [5.41, 5.74) is 0.515. The molecule has 0 fully saturated rings. The molecule has 1 atom stereocenters. The Hall–Kier alpha value is -1.87. The lowest BCUT2D eigenvalue weighted by Gasteiger charge is -2.15. The van der Waals surface area contributed by atoms with E-state index in [1.54, 1.807) is 30.3 Å². The van der Waals surface area contributed by atoms with Crippen LogP contribution in [-0.4, -0.2) is 6.43 Å². The van der Waals surface area contributed by atoms with Crippen LogP contribution in [0.25, 0.3) is 11.1 Å². The number of benzene rings is 2. The van der Waals surface area contributed by atoms with Crippen molar-refractivity contribution < 1.29 is 22.3 Å². The number of hydrogen-bond acceptors (Lipinski definition) is 2. The van der Waals surface area contributed by atoms with E-state index in [0.717, 1.165) is 0 Å². The van der Waals surface area contributed by atoms with Gasteiger partial charge in [0.15, 0.2) is 6.17 Å². The molecule has 2 aromatic rings. The molecule has 0 aliphatic heterocycles. The molecule has 0 aliphatic carbocycles. The first-order valence-corrected chi connectivity index (χ1v) is 6.48. The zero-order chi connectivity index (χ0) is 14.5. The van der Waals surface area contributed by atoms with Crippen LogP contribution in [0.1, 0.15) is 11.7 Å². The summed E-state index contributed by atoms with van der Waals surface area (Å²) < 4.78 is 54.5. The van der Waals surface area contributed by atoms with Gasteiger partial charge in [0.05, 0.1) is 0 Å². The quantitative estimate of drug-likeness (QED) is 0.708. The van der Waals surface area contributed by atoms with Crippen LogP contribution in [0.5, 0.6) is 5.75 Å². The molecule has 0 heterocycles. The molecule has 0 spiro atoms. The molecule has 0 amide bonds. The molecule has 0 aliphatic rings. The summed E-state index contributed by atoms with van der Waals surface area (Å²) in [5, 5.41) is 0. The van der Waals surface area contributed by atoms with Crippen molar-refractivity contribution in [3.63, 3.8) is 0 Å². The van der Waals surface area contributed by atoms with Crippen LogP contribution in [-0.2, 0) is 4.57 Å². The fourth-order valence-electron chi connectivity index (χ4n) is 1.94. The standard InChI is InChI=1S/C14H10F3O2P/c15-13(14(16)17)10-7-4-8-11(19-20-18)12(10)9-5-2-1-3-6-9/h1-8,13-14H. The molecule has 0 bridgehead atoms. The maximum atomic E-state index is 13.7. The first kappa shape index (κ1) is 14.5. The lowest BCUT2D eigenvalue weighted by Crippen LogP contribution is -2.05. The Morgan fingerprint density at radius 3 is 2.25 bits per heavy atom. The summed E-state index contributed by atoms with van der Waals surface area (Å²) in [6.45, 7) is 0. The Bertz CT molecular complexity index is 590. The van der Waals surface area contributed by atoms with E-state index >= 15 is 0 Å². The predicted molar refractivity (Wildman–Crippen MR) is 70.0 cm³/mol. The summed E-state index contributed by atoms with van der Waals surface area (Å²) in [4.78, 5) is 0. The molecular weight excluding hydrogens is 288 g/mol. The van der Waals surface area contributed by atoms with Crippen molar-refractivity contribution in [2.45, 2.75) is 12.6 Å². The maximum Gasteiger partial charge on any atom is 0.395 e. The SMILES string of the molecule is O=POc1cccc(C(F)C(F)F)c1-c1ccccc1. The number of alkyl halides is 3. The number of halogens is 3. The highest BCUT2D eigenvalue weighted by atomic mass is 31.1.